The second-order valence-corrected chi connectivity index (χ2v) is 3.19. The first kappa shape index (κ1) is 9.81. The van der Waals surface area contributed by atoms with Crippen LogP contribution in [0.4, 0.5) is 5.69 Å². The molecule has 0 aliphatic rings. The zero-order valence-corrected chi connectivity index (χ0v) is 7.96. The Morgan fingerprint density at radius 3 is 2.85 bits per heavy atom. The molecule has 0 heterocycles. The molecule has 70 valence electrons. The Morgan fingerprint density at radius 2 is 2.23 bits per heavy atom. The monoisotopic (exact) mass is 176 g/mol. The van der Waals surface area contributed by atoms with Crippen LogP contribution in [0.5, 0.6) is 0 Å². The number of nitrogens with two attached hydrogens (primary N) is 2. The van der Waals surface area contributed by atoms with E-state index in [2.05, 4.69) is 6.58 Å². The number of hydrogen-bond donors (Lipinski definition) is 2. The third-order valence-electron chi connectivity index (χ3n) is 2.24. The quantitative estimate of drug-likeness (QED) is 0.547. The van der Waals surface area contributed by atoms with Gasteiger partial charge in [0, 0.05) is 11.7 Å². The molecule has 0 saturated heterocycles. The lowest BCUT2D eigenvalue weighted by Gasteiger charge is -2.13. The first-order valence-electron chi connectivity index (χ1n) is 4.38. The van der Waals surface area contributed by atoms with Gasteiger partial charge in [-0.1, -0.05) is 18.2 Å². The van der Waals surface area contributed by atoms with E-state index in [0.717, 1.165) is 23.2 Å². The van der Waals surface area contributed by atoms with Gasteiger partial charge in [0.1, 0.15) is 0 Å². The molecule has 0 spiro atoms. The van der Waals surface area contributed by atoms with Crippen molar-refractivity contribution >= 4 is 5.69 Å². The van der Waals surface area contributed by atoms with Gasteiger partial charge >= 0.3 is 0 Å². The first-order chi connectivity index (χ1) is 6.16. The van der Waals surface area contributed by atoms with Crippen LogP contribution >= 0.6 is 0 Å². The zero-order valence-electron chi connectivity index (χ0n) is 7.96. The van der Waals surface area contributed by atoms with Crippen molar-refractivity contribution in [2.45, 2.75) is 19.4 Å². The molecule has 0 aliphatic carbocycles. The lowest BCUT2D eigenvalue weighted by Crippen LogP contribution is -2.11. The molecule has 0 aromatic heterocycles. The third kappa shape index (κ3) is 2.10. The van der Waals surface area contributed by atoms with Crippen molar-refractivity contribution in [3.63, 3.8) is 0 Å². The smallest absolute Gasteiger partial charge is 0.0347 e. The van der Waals surface area contributed by atoms with E-state index in [1.54, 1.807) is 0 Å². The number of hydrogen-bond acceptors (Lipinski definition) is 2. The molecular formula is C11H16N2. The van der Waals surface area contributed by atoms with Gasteiger partial charge in [0.2, 0.25) is 0 Å². The maximum atomic E-state index is 5.95. The van der Waals surface area contributed by atoms with Crippen molar-refractivity contribution in [1.82, 2.24) is 0 Å². The lowest BCUT2D eigenvalue weighted by molar-refractivity contribution is 0.736. The molecule has 4 N–H and O–H groups in total. The molecule has 0 amide bonds. The molecule has 0 bridgehead atoms. The average molecular weight is 176 g/mol. The minimum absolute atomic E-state index is 0.0148. The summed E-state index contributed by atoms with van der Waals surface area (Å²) in [6, 6.07) is 5.85. The van der Waals surface area contributed by atoms with E-state index in [-0.39, 0.29) is 6.04 Å². The van der Waals surface area contributed by atoms with Crippen molar-refractivity contribution in [1.29, 1.82) is 0 Å². The molecule has 0 aliphatic heterocycles. The van der Waals surface area contributed by atoms with Gasteiger partial charge in [-0.05, 0) is 30.5 Å². The highest BCUT2D eigenvalue weighted by atomic mass is 14.6. The topological polar surface area (TPSA) is 52.0 Å². The Bertz CT molecular complexity index is 305. The molecule has 2 nitrogen and oxygen atoms in total. The Kier molecular flexibility index (Phi) is 3.09. The summed E-state index contributed by atoms with van der Waals surface area (Å²) in [5, 5.41) is 0. The normalized spacial score (nSPS) is 12.5. The maximum Gasteiger partial charge on any atom is 0.0347 e. The largest absolute Gasteiger partial charge is 0.399 e. The van der Waals surface area contributed by atoms with Crippen LogP contribution in [0.3, 0.4) is 0 Å². The van der Waals surface area contributed by atoms with E-state index in [9.17, 15) is 0 Å². The van der Waals surface area contributed by atoms with E-state index in [4.69, 9.17) is 11.5 Å². The molecule has 2 heteroatoms. The van der Waals surface area contributed by atoms with Crippen LogP contribution in [0.1, 0.15) is 23.6 Å². The fourth-order valence-corrected chi connectivity index (χ4v) is 1.38. The highest BCUT2D eigenvalue weighted by Crippen LogP contribution is 2.22. The fourth-order valence-electron chi connectivity index (χ4n) is 1.38. The van der Waals surface area contributed by atoms with Gasteiger partial charge in [-0.3, -0.25) is 0 Å². The highest BCUT2D eigenvalue weighted by molar-refractivity contribution is 5.50. The van der Waals surface area contributed by atoms with Gasteiger partial charge in [-0.2, -0.15) is 0 Å². The second-order valence-electron chi connectivity index (χ2n) is 3.19. The summed E-state index contributed by atoms with van der Waals surface area (Å²) in [4.78, 5) is 0. The summed E-state index contributed by atoms with van der Waals surface area (Å²) >= 11 is 0. The standard InChI is InChI=1S/C11H16N2/c1-3-5-11(13)9-6-4-7-10(12)8(9)2/h3-4,6-7,11H,1,5,12-13H2,2H3/t11-/m0/s1. The second kappa shape index (κ2) is 4.10. The van der Waals surface area contributed by atoms with Crippen molar-refractivity contribution in [3.8, 4) is 0 Å². The molecule has 1 rings (SSSR count). The molecule has 0 unspecified atom stereocenters. The summed E-state index contributed by atoms with van der Waals surface area (Å²) in [7, 11) is 0. The van der Waals surface area contributed by atoms with E-state index in [1.165, 1.54) is 0 Å². The van der Waals surface area contributed by atoms with Crippen molar-refractivity contribution in [2.24, 2.45) is 5.73 Å². The fraction of sp³-hybridized carbons (Fsp3) is 0.273. The van der Waals surface area contributed by atoms with Crippen molar-refractivity contribution in [3.05, 3.63) is 42.0 Å². The maximum absolute atomic E-state index is 5.95. The summed E-state index contributed by atoms with van der Waals surface area (Å²) in [5.41, 5.74) is 14.7. The molecule has 0 saturated carbocycles. The van der Waals surface area contributed by atoms with Gasteiger partial charge in [0.05, 0.1) is 0 Å². The molecule has 1 aromatic carbocycles. The Balaban J connectivity index is 3.00. The van der Waals surface area contributed by atoms with Gasteiger partial charge in [0.25, 0.3) is 0 Å². The molecule has 1 aromatic rings. The van der Waals surface area contributed by atoms with Gasteiger partial charge in [-0.25, -0.2) is 0 Å². The molecule has 0 fully saturated rings. The Labute approximate surface area is 79.2 Å². The third-order valence-corrected chi connectivity index (χ3v) is 2.24. The van der Waals surface area contributed by atoms with Gasteiger partial charge in [-0.15, -0.1) is 6.58 Å². The van der Waals surface area contributed by atoms with E-state index in [1.807, 2.05) is 31.2 Å². The minimum Gasteiger partial charge on any atom is -0.399 e. The molecular weight excluding hydrogens is 160 g/mol. The predicted octanol–water partition coefficient (Wildman–Crippen LogP) is 2.15. The predicted molar refractivity (Wildman–Crippen MR) is 57.3 cm³/mol. The van der Waals surface area contributed by atoms with E-state index >= 15 is 0 Å². The summed E-state index contributed by atoms with van der Waals surface area (Å²) < 4.78 is 0. The van der Waals surface area contributed by atoms with E-state index < -0.39 is 0 Å². The van der Waals surface area contributed by atoms with Gasteiger partial charge in [0.15, 0.2) is 0 Å². The van der Waals surface area contributed by atoms with Crippen LogP contribution < -0.4 is 11.5 Å². The van der Waals surface area contributed by atoms with Crippen molar-refractivity contribution < 1.29 is 0 Å². The number of anilines is 1. The number of rotatable bonds is 3. The molecule has 1 atom stereocenters. The van der Waals surface area contributed by atoms with Crippen LogP contribution in [-0.2, 0) is 0 Å². The van der Waals surface area contributed by atoms with Gasteiger partial charge < -0.3 is 11.5 Å². The summed E-state index contributed by atoms with van der Waals surface area (Å²) in [6.07, 6.45) is 2.61. The Hall–Kier alpha value is -1.28. The molecule has 0 radical (unpaired) electrons. The zero-order chi connectivity index (χ0) is 9.84. The SMILES string of the molecule is C=CC[C@H](N)c1cccc(N)c1C. The number of benzene rings is 1. The van der Waals surface area contributed by atoms with Crippen LogP contribution in [0.15, 0.2) is 30.9 Å². The van der Waals surface area contributed by atoms with E-state index in [0.29, 0.717) is 0 Å². The van der Waals surface area contributed by atoms with Crippen LogP contribution in [0.2, 0.25) is 0 Å². The highest BCUT2D eigenvalue weighted by Gasteiger charge is 2.07. The average Bonchev–Trinajstić information content (AvgIpc) is 2.10. The van der Waals surface area contributed by atoms with Crippen LogP contribution in [0, 0.1) is 6.92 Å². The lowest BCUT2D eigenvalue weighted by atomic mass is 9.98. The minimum atomic E-state index is 0.0148. The van der Waals surface area contributed by atoms with Crippen LogP contribution in [-0.4, -0.2) is 0 Å². The number of nitrogen functional groups attached to an aromatic ring is 1. The molecule has 13 heavy (non-hydrogen) atoms. The van der Waals surface area contributed by atoms with Crippen molar-refractivity contribution in [2.75, 3.05) is 5.73 Å². The Morgan fingerprint density at radius 1 is 1.54 bits per heavy atom. The summed E-state index contributed by atoms with van der Waals surface area (Å²) in [5.74, 6) is 0. The first-order valence-corrected chi connectivity index (χ1v) is 4.38. The van der Waals surface area contributed by atoms with Crippen LogP contribution in [0.25, 0.3) is 0 Å². The summed E-state index contributed by atoms with van der Waals surface area (Å²) in [6.45, 7) is 5.66.